The van der Waals surface area contributed by atoms with Crippen LogP contribution in [0.4, 0.5) is 16.7 Å². The smallest absolute Gasteiger partial charge is 0.410 e. The molecule has 1 saturated carbocycles. The minimum absolute atomic E-state index is 0.0149. The summed E-state index contributed by atoms with van der Waals surface area (Å²) in [5, 5.41) is 26.6. The van der Waals surface area contributed by atoms with E-state index in [4.69, 9.17) is 47.9 Å². The van der Waals surface area contributed by atoms with Crippen LogP contribution in [0.25, 0.3) is 0 Å². The number of methoxy groups -OCH3 is 3. The number of anilines is 2. The number of rotatable bonds is 18. The molecule has 3 saturated heterocycles. The van der Waals surface area contributed by atoms with E-state index >= 15 is 0 Å². The summed E-state index contributed by atoms with van der Waals surface area (Å²) in [7, 11) is 4.53. The molecule has 0 radical (unpaired) electrons. The van der Waals surface area contributed by atoms with Crippen LogP contribution in [0.2, 0.25) is 0 Å². The number of cyclic esters (lactones) is 1. The van der Waals surface area contributed by atoms with Gasteiger partial charge in [-0.2, -0.15) is 0 Å². The third kappa shape index (κ3) is 21.6. The zero-order valence-corrected chi connectivity index (χ0v) is 61.3. The van der Waals surface area contributed by atoms with Crippen molar-refractivity contribution in [3.63, 3.8) is 0 Å². The number of allylic oxidation sites excluding steroid dienone is 6. The summed E-state index contributed by atoms with van der Waals surface area (Å²) in [5.74, 6) is -7.76. The first-order chi connectivity index (χ1) is 48.5. The van der Waals surface area contributed by atoms with Crippen molar-refractivity contribution in [3.05, 3.63) is 83.0 Å². The maximum Gasteiger partial charge on any atom is 0.410 e. The van der Waals surface area contributed by atoms with Gasteiger partial charge in [-0.1, -0.05) is 78.0 Å². The largest absolute Gasteiger partial charge is 0.460 e. The number of aliphatic hydroxyl groups is 2. The molecule has 3 amide bonds. The van der Waals surface area contributed by atoms with Crippen molar-refractivity contribution in [2.24, 2.45) is 35.5 Å². The van der Waals surface area contributed by atoms with Gasteiger partial charge in [0, 0.05) is 135 Å². The maximum atomic E-state index is 14.8. The number of hydrogen-bond donors (Lipinski definition) is 3. The zero-order chi connectivity index (χ0) is 72.9. The molecule has 0 aromatic carbocycles. The highest BCUT2D eigenvalue weighted by Crippen LogP contribution is 2.39. The van der Waals surface area contributed by atoms with E-state index in [-0.39, 0.29) is 61.7 Å². The second-order valence-corrected chi connectivity index (χ2v) is 28.5. The van der Waals surface area contributed by atoms with E-state index in [0.29, 0.717) is 153 Å². The van der Waals surface area contributed by atoms with E-state index in [1.165, 1.54) is 24.4 Å². The second kappa shape index (κ2) is 38.6. The van der Waals surface area contributed by atoms with Crippen LogP contribution in [0.5, 0.6) is 0 Å². The Balaban J connectivity index is 0.900. The van der Waals surface area contributed by atoms with Crippen molar-refractivity contribution in [1.82, 2.24) is 35.1 Å². The standard InChI is InChI=1S/C75H111N9O17/c1-12-33-97-35-36-98-34-26-76-69(89)55-43-77-72(78-44-55)81-29-31-82(32-30-81)73-79-45-56-46-83(28-25-58(56)80-73)74(92)100-61-24-22-54(40-64(61)95-10)39-50(5)63-42-60(85)49(4)38-52(7)66(87)67(96-11)65(86)51(6)37-47(2)18-14-13-15-19-48(3)62(94-9)41-57-23-21-53(8)75(93,101-57)68(88)70(90)84-27-17-16-20-59(84)71(91)99-63/h13-15,18-19,38,43-45,47,49-51,53-54,57,59,61-64,66-67,87,93H,12,16-17,20-37,39-42,46H2,1-11H3,(H,76,89)/b15-13+,18-14+,48-19+,52-38+/t47-,49-,50-,51-,53-,54+,57+,59+,61-,62+,63?,64-,66-,67+,75-/m1/s1. The van der Waals surface area contributed by atoms with Crippen LogP contribution in [-0.4, -0.2) is 229 Å². The average Bonchev–Trinajstić information content (AvgIpc) is 0.773. The molecule has 3 N–H and O–H groups in total. The fourth-order valence-electron chi connectivity index (χ4n) is 14.6. The first-order valence-corrected chi connectivity index (χ1v) is 36.5. The van der Waals surface area contributed by atoms with E-state index in [0.717, 1.165) is 23.3 Å². The van der Waals surface area contributed by atoms with E-state index < -0.39 is 102 Å². The molecule has 2 aromatic heterocycles. The van der Waals surface area contributed by atoms with E-state index in [2.05, 4.69) is 25.1 Å². The van der Waals surface area contributed by atoms with Gasteiger partial charge in [0.15, 0.2) is 5.78 Å². The quantitative estimate of drug-likeness (QED) is 0.0564. The first-order valence-electron chi connectivity index (χ1n) is 36.5. The van der Waals surface area contributed by atoms with E-state index in [1.807, 2.05) is 65.0 Å². The Kier molecular flexibility index (Phi) is 30.5. The predicted molar refractivity (Wildman–Crippen MR) is 376 cm³/mol. The highest BCUT2D eigenvalue weighted by molar-refractivity contribution is 6.39. The molecule has 2 bridgehead atoms. The summed E-state index contributed by atoms with van der Waals surface area (Å²) in [4.78, 5) is 125. The summed E-state index contributed by atoms with van der Waals surface area (Å²) in [6.07, 6.45) is 15.9. The summed E-state index contributed by atoms with van der Waals surface area (Å²) >= 11 is 0. The Morgan fingerprint density at radius 3 is 2.19 bits per heavy atom. The molecule has 4 fully saturated rings. The van der Waals surface area contributed by atoms with Gasteiger partial charge in [-0.05, 0) is 113 Å². The lowest BCUT2D eigenvalue weighted by Gasteiger charge is -2.42. The second-order valence-electron chi connectivity index (χ2n) is 28.5. The number of carbonyl (C=O) groups excluding carboxylic acids is 7. The van der Waals surface area contributed by atoms with Gasteiger partial charge in [-0.3, -0.25) is 24.0 Å². The van der Waals surface area contributed by atoms with Gasteiger partial charge in [-0.15, -0.1) is 0 Å². The van der Waals surface area contributed by atoms with Gasteiger partial charge >= 0.3 is 12.1 Å². The predicted octanol–water partition coefficient (Wildman–Crippen LogP) is 7.46. The molecule has 558 valence electrons. The molecule has 7 heterocycles. The third-order valence-electron chi connectivity index (χ3n) is 20.9. The lowest BCUT2D eigenvalue weighted by Crippen LogP contribution is -2.61. The average molecular weight is 1410 g/mol. The van der Waals surface area contributed by atoms with Crippen molar-refractivity contribution in [1.29, 1.82) is 0 Å². The third-order valence-corrected chi connectivity index (χ3v) is 20.9. The van der Waals surface area contributed by atoms with Crippen molar-refractivity contribution < 1.29 is 81.7 Å². The van der Waals surface area contributed by atoms with Crippen LogP contribution < -0.4 is 15.1 Å². The molecule has 6 aliphatic rings. The summed E-state index contributed by atoms with van der Waals surface area (Å²) in [6.45, 7) is 20.2. The number of fused-ring (bicyclic) bond motifs is 4. The minimum Gasteiger partial charge on any atom is -0.460 e. The van der Waals surface area contributed by atoms with Crippen LogP contribution in [0.1, 0.15) is 160 Å². The van der Waals surface area contributed by atoms with Gasteiger partial charge in [-0.25, -0.2) is 29.5 Å². The number of aromatic nitrogens is 4. The molecule has 8 rings (SSSR count). The Morgan fingerprint density at radius 1 is 0.772 bits per heavy atom. The SMILES string of the molecule is CCCOCCOCCNC(=O)c1cnc(N2CCN(c3ncc4c(n3)CCN(C(=O)O[C@@H]3CC[C@@H](C[C@@H](C)C5CC(=O)[C@H](C)/C=C(\C)[C@@H](O)[C@@H](OC)C(=O)[C@H](C)C[C@H](C)/C=C/C=C/C=C(\C)[C@@H](OC)C[C@@H]6CC[C@@H](C)[C@@](O)(O6)C(=O)C(=O)N6CCCC[C@H]6C(=O)O5)C[C@H]3OC)C4)CC2)nc1. The van der Waals surface area contributed by atoms with E-state index in [9.17, 15) is 43.8 Å². The van der Waals surface area contributed by atoms with Crippen LogP contribution >= 0.6 is 0 Å². The molecule has 0 spiro atoms. The molecule has 26 nitrogen and oxygen atoms in total. The highest BCUT2D eigenvalue weighted by Gasteiger charge is 2.53. The molecule has 5 aliphatic heterocycles. The molecule has 15 atom stereocenters. The van der Waals surface area contributed by atoms with Crippen LogP contribution in [-0.2, 0) is 74.8 Å². The fraction of sp³-hybridized carbons (Fsp3) is 0.693. The van der Waals surface area contributed by atoms with Crippen molar-refractivity contribution in [2.45, 2.75) is 206 Å². The number of amides is 3. The molecular formula is C75H111N9O17. The molecular weight excluding hydrogens is 1300 g/mol. The topological polar surface area (TPSA) is 310 Å². The number of piperazine rings is 1. The monoisotopic (exact) mass is 1410 g/mol. The number of nitrogens with one attached hydrogen (secondary N) is 1. The summed E-state index contributed by atoms with van der Waals surface area (Å²) in [6, 6.07) is -1.21. The Hall–Kier alpha value is -6.91. The van der Waals surface area contributed by atoms with Crippen molar-refractivity contribution >= 4 is 53.1 Å². The number of piperidine rings is 1. The van der Waals surface area contributed by atoms with Gasteiger partial charge < -0.3 is 73.0 Å². The molecule has 1 aliphatic carbocycles. The maximum absolute atomic E-state index is 14.8. The normalized spacial score (nSPS) is 31.7. The number of nitrogens with zero attached hydrogens (tertiary/aromatic N) is 8. The molecule has 101 heavy (non-hydrogen) atoms. The number of hydrogen-bond acceptors (Lipinski definition) is 23. The van der Waals surface area contributed by atoms with Crippen molar-refractivity contribution in [2.75, 3.05) is 103 Å². The number of aliphatic hydroxyl groups excluding tert-OH is 1. The van der Waals surface area contributed by atoms with Crippen LogP contribution in [0.3, 0.4) is 0 Å². The summed E-state index contributed by atoms with van der Waals surface area (Å²) in [5.41, 5.74) is 3.26. The number of ether oxygens (including phenoxy) is 8. The summed E-state index contributed by atoms with van der Waals surface area (Å²) < 4.78 is 47.4. The van der Waals surface area contributed by atoms with Gasteiger partial charge in [0.25, 0.3) is 17.6 Å². The first kappa shape index (κ1) is 79.8. The van der Waals surface area contributed by atoms with Crippen molar-refractivity contribution in [3.8, 4) is 0 Å². The Bertz CT molecular complexity index is 3230. The molecule has 2 aromatic rings. The molecule has 1 unspecified atom stereocenters. The van der Waals surface area contributed by atoms with Gasteiger partial charge in [0.2, 0.25) is 17.7 Å². The molecule has 26 heteroatoms. The number of carbonyl (C=O) groups is 7. The lowest BCUT2D eigenvalue weighted by atomic mass is 9.78. The van der Waals surface area contributed by atoms with Gasteiger partial charge in [0.1, 0.15) is 36.2 Å². The lowest BCUT2D eigenvalue weighted by molar-refractivity contribution is -0.265. The minimum atomic E-state index is -2.48. The number of ketones is 3. The number of Topliss-reactive ketones (excluding diaryl/α,β-unsaturated/α-hetero) is 3. The Labute approximate surface area is 595 Å². The fourth-order valence-corrected chi connectivity index (χ4v) is 14.6. The van der Waals surface area contributed by atoms with Crippen LogP contribution in [0, 0.1) is 35.5 Å². The highest BCUT2D eigenvalue weighted by atomic mass is 16.6. The number of esters is 1. The van der Waals surface area contributed by atoms with Gasteiger partial charge in [0.05, 0.1) is 55.9 Å². The van der Waals surface area contributed by atoms with Crippen LogP contribution in [0.15, 0.2) is 66.2 Å². The Morgan fingerprint density at radius 2 is 1.49 bits per heavy atom. The van der Waals surface area contributed by atoms with E-state index in [1.54, 1.807) is 52.2 Å². The zero-order valence-electron chi connectivity index (χ0n) is 61.3.